The number of oxazole rings is 1. The molecule has 0 radical (unpaired) electrons. The summed E-state index contributed by atoms with van der Waals surface area (Å²) in [6.45, 7) is 1.97. The summed E-state index contributed by atoms with van der Waals surface area (Å²) >= 11 is 1.54. The van der Waals surface area contributed by atoms with Gasteiger partial charge in [0, 0.05) is 30.6 Å². The Bertz CT molecular complexity index is 1120. The Labute approximate surface area is 172 Å². The third-order valence-corrected chi connectivity index (χ3v) is 5.85. The van der Waals surface area contributed by atoms with Gasteiger partial charge in [-0.1, -0.05) is 12.1 Å². The van der Waals surface area contributed by atoms with Crippen LogP contribution in [-0.2, 0) is 6.42 Å². The maximum absolute atomic E-state index is 12.9. The van der Waals surface area contributed by atoms with Crippen LogP contribution in [0, 0.1) is 0 Å². The molecule has 0 unspecified atom stereocenters. The molecule has 0 aliphatic heterocycles. The summed E-state index contributed by atoms with van der Waals surface area (Å²) in [5.74, 6) is 1.34. The zero-order valence-corrected chi connectivity index (χ0v) is 17.3. The maximum atomic E-state index is 12.9. The van der Waals surface area contributed by atoms with Gasteiger partial charge in [0.25, 0.3) is 5.91 Å². The fourth-order valence-corrected chi connectivity index (χ4v) is 3.82. The average molecular weight is 407 g/mol. The van der Waals surface area contributed by atoms with Gasteiger partial charge in [-0.2, -0.15) is 0 Å². The maximum Gasteiger partial charge on any atom is 0.254 e. The van der Waals surface area contributed by atoms with Crippen LogP contribution in [0.25, 0.3) is 11.1 Å². The number of ether oxygens (including phenoxy) is 1. The van der Waals surface area contributed by atoms with Crippen LogP contribution in [0.2, 0.25) is 0 Å². The van der Waals surface area contributed by atoms with E-state index in [4.69, 9.17) is 9.15 Å². The fraction of sp³-hybridized carbons (Fsp3) is 0.227. The molecule has 0 N–H and O–H groups in total. The number of carbonyl (C=O) groups excluding carboxylic acids is 1. The Morgan fingerprint density at radius 2 is 2.03 bits per heavy atom. The number of hydrogen-bond donors (Lipinski definition) is 0. The molecule has 4 aromatic rings. The van der Waals surface area contributed by atoms with Gasteiger partial charge in [-0.3, -0.25) is 4.79 Å². The first-order valence-electron chi connectivity index (χ1n) is 9.24. The highest BCUT2D eigenvalue weighted by molar-refractivity contribution is 7.09. The summed E-state index contributed by atoms with van der Waals surface area (Å²) < 4.78 is 11.1. The molecular formula is C22H21N3O3S. The molecule has 1 amide bonds. The molecular weight excluding hydrogens is 386 g/mol. The highest BCUT2D eigenvalue weighted by Gasteiger charge is 2.21. The van der Waals surface area contributed by atoms with Crippen molar-refractivity contribution in [1.82, 2.24) is 14.9 Å². The van der Waals surface area contributed by atoms with Gasteiger partial charge in [0.1, 0.15) is 16.3 Å². The monoisotopic (exact) mass is 407 g/mol. The number of rotatable bonds is 6. The molecule has 0 aliphatic rings. The lowest BCUT2D eigenvalue weighted by Crippen LogP contribution is -2.29. The summed E-state index contributed by atoms with van der Waals surface area (Å²) in [5, 5.41) is 2.82. The van der Waals surface area contributed by atoms with Gasteiger partial charge < -0.3 is 14.1 Å². The molecule has 0 saturated heterocycles. The molecule has 2 heterocycles. The number of hydrogen-bond acceptors (Lipinski definition) is 6. The number of methoxy groups -OCH3 is 1. The van der Waals surface area contributed by atoms with E-state index in [0.717, 1.165) is 21.8 Å². The summed E-state index contributed by atoms with van der Waals surface area (Å²) in [4.78, 5) is 23.4. The van der Waals surface area contributed by atoms with E-state index in [1.165, 1.54) is 11.3 Å². The van der Waals surface area contributed by atoms with Gasteiger partial charge >= 0.3 is 0 Å². The van der Waals surface area contributed by atoms with Gasteiger partial charge in [-0.25, -0.2) is 9.97 Å². The molecule has 0 fully saturated rings. The molecule has 29 heavy (non-hydrogen) atoms. The van der Waals surface area contributed by atoms with Gasteiger partial charge in [0.15, 0.2) is 11.5 Å². The van der Waals surface area contributed by atoms with Gasteiger partial charge in [0.2, 0.25) is 0 Å². The molecule has 0 spiro atoms. The molecule has 4 rings (SSSR count). The molecule has 2 aromatic heterocycles. The van der Waals surface area contributed by atoms with Crippen molar-refractivity contribution in [2.75, 3.05) is 14.2 Å². The van der Waals surface area contributed by atoms with E-state index in [0.29, 0.717) is 23.5 Å². The summed E-state index contributed by atoms with van der Waals surface area (Å²) in [5.41, 5.74) is 2.98. The molecule has 6 nitrogen and oxygen atoms in total. The average Bonchev–Trinajstić information content (AvgIpc) is 3.41. The Balaban J connectivity index is 1.53. The lowest BCUT2D eigenvalue weighted by Gasteiger charge is -2.23. The summed E-state index contributed by atoms with van der Waals surface area (Å²) in [7, 11) is 3.43. The van der Waals surface area contributed by atoms with E-state index in [9.17, 15) is 4.79 Å². The number of fused-ring (bicyclic) bond motifs is 1. The second kappa shape index (κ2) is 8.05. The summed E-state index contributed by atoms with van der Waals surface area (Å²) in [6, 6.07) is 13.1. The van der Waals surface area contributed by atoms with Crippen LogP contribution in [-0.4, -0.2) is 34.9 Å². The van der Waals surface area contributed by atoms with Gasteiger partial charge in [-0.15, -0.1) is 11.3 Å². The van der Waals surface area contributed by atoms with Crippen LogP contribution in [0.15, 0.2) is 58.5 Å². The minimum absolute atomic E-state index is 0.0808. The first-order chi connectivity index (χ1) is 14.0. The molecule has 1 atom stereocenters. The van der Waals surface area contributed by atoms with Crippen molar-refractivity contribution in [2.24, 2.45) is 0 Å². The minimum atomic E-state index is -0.0986. The number of carbonyl (C=O) groups is 1. The Morgan fingerprint density at radius 1 is 1.24 bits per heavy atom. The Hall–Kier alpha value is -3.19. The lowest BCUT2D eigenvalue weighted by atomic mass is 10.1. The van der Waals surface area contributed by atoms with Crippen molar-refractivity contribution in [3.8, 4) is 5.75 Å². The highest BCUT2D eigenvalue weighted by atomic mass is 32.1. The zero-order chi connectivity index (χ0) is 20.4. The minimum Gasteiger partial charge on any atom is -0.497 e. The predicted octanol–water partition coefficient (Wildman–Crippen LogP) is 4.72. The van der Waals surface area contributed by atoms with Crippen molar-refractivity contribution in [2.45, 2.75) is 19.4 Å². The fourth-order valence-electron chi connectivity index (χ4n) is 3.08. The van der Waals surface area contributed by atoms with E-state index in [1.54, 1.807) is 37.4 Å². The standard InChI is InChI=1S/C22H21N3O3S/c1-14(21-23-10-11-29-21)25(2)22(26)16-6-9-18-19(13-16)28-20(24-18)12-15-4-7-17(27-3)8-5-15/h4-11,13-14H,12H2,1-3H3/t14-/m0/s1. The molecule has 7 heteroatoms. The van der Waals surface area contributed by atoms with E-state index >= 15 is 0 Å². The number of benzene rings is 2. The number of amides is 1. The van der Waals surface area contributed by atoms with E-state index in [2.05, 4.69) is 9.97 Å². The van der Waals surface area contributed by atoms with Crippen LogP contribution in [0.4, 0.5) is 0 Å². The third kappa shape index (κ3) is 4.00. The van der Waals surface area contributed by atoms with Crippen LogP contribution in [0.5, 0.6) is 5.75 Å². The molecule has 0 bridgehead atoms. The number of thiazole rings is 1. The van der Waals surface area contributed by atoms with E-state index < -0.39 is 0 Å². The highest BCUT2D eigenvalue weighted by Crippen LogP contribution is 2.25. The van der Waals surface area contributed by atoms with Crippen LogP contribution in [0.3, 0.4) is 0 Å². The van der Waals surface area contributed by atoms with Crippen LogP contribution >= 0.6 is 11.3 Å². The number of aromatic nitrogens is 2. The SMILES string of the molecule is COc1ccc(Cc2nc3ccc(C(=O)N(C)[C@@H](C)c4nccs4)cc3o2)cc1. The smallest absolute Gasteiger partial charge is 0.254 e. The summed E-state index contributed by atoms with van der Waals surface area (Å²) in [6.07, 6.45) is 2.32. The zero-order valence-electron chi connectivity index (χ0n) is 16.5. The van der Waals surface area contributed by atoms with Crippen molar-refractivity contribution < 1.29 is 13.9 Å². The number of nitrogens with zero attached hydrogens (tertiary/aromatic N) is 3. The van der Waals surface area contributed by atoms with Crippen molar-refractivity contribution in [1.29, 1.82) is 0 Å². The first kappa shape index (κ1) is 19.1. The van der Waals surface area contributed by atoms with Crippen molar-refractivity contribution in [3.05, 3.63) is 76.1 Å². The Kier molecular flexibility index (Phi) is 5.31. The van der Waals surface area contributed by atoms with Crippen molar-refractivity contribution >= 4 is 28.3 Å². The Morgan fingerprint density at radius 3 is 2.72 bits per heavy atom. The largest absolute Gasteiger partial charge is 0.497 e. The van der Waals surface area contributed by atoms with Gasteiger partial charge in [-0.05, 0) is 42.8 Å². The topological polar surface area (TPSA) is 68.5 Å². The second-order valence-corrected chi connectivity index (χ2v) is 7.70. The molecule has 0 aliphatic carbocycles. The van der Waals surface area contributed by atoms with Crippen LogP contribution < -0.4 is 4.74 Å². The molecule has 2 aromatic carbocycles. The predicted molar refractivity (Wildman–Crippen MR) is 112 cm³/mol. The second-order valence-electron chi connectivity index (χ2n) is 6.78. The lowest BCUT2D eigenvalue weighted by molar-refractivity contribution is 0.0742. The molecule has 148 valence electrons. The quantitative estimate of drug-likeness (QED) is 0.463. The first-order valence-corrected chi connectivity index (χ1v) is 10.1. The van der Waals surface area contributed by atoms with Gasteiger partial charge in [0.05, 0.1) is 13.2 Å². The third-order valence-electron chi connectivity index (χ3n) is 4.90. The van der Waals surface area contributed by atoms with E-state index in [1.807, 2.05) is 42.6 Å². The molecule has 0 saturated carbocycles. The van der Waals surface area contributed by atoms with Crippen molar-refractivity contribution in [3.63, 3.8) is 0 Å². The van der Waals surface area contributed by atoms with Crippen LogP contribution in [0.1, 0.15) is 39.8 Å². The normalized spacial score (nSPS) is 12.1. The van der Waals surface area contributed by atoms with E-state index in [-0.39, 0.29) is 11.9 Å².